The zero-order valence-corrected chi connectivity index (χ0v) is 14.8. The Hall–Kier alpha value is -2.81. The van der Waals surface area contributed by atoms with Crippen molar-refractivity contribution >= 4 is 17.7 Å². The normalized spacial score (nSPS) is 23.9. The first-order chi connectivity index (χ1) is 12.0. The molecule has 1 amide bonds. The minimum Gasteiger partial charge on any atom is -0.325 e. The molecule has 2 aromatic carbocycles. The van der Waals surface area contributed by atoms with Gasteiger partial charge in [-0.15, -0.1) is 0 Å². The summed E-state index contributed by atoms with van der Waals surface area (Å²) in [6, 6.07) is 18.6. The van der Waals surface area contributed by atoms with Crippen LogP contribution in [0.2, 0.25) is 0 Å². The van der Waals surface area contributed by atoms with E-state index in [1.807, 2.05) is 37.4 Å². The third-order valence-electron chi connectivity index (χ3n) is 5.47. The fourth-order valence-electron chi connectivity index (χ4n) is 3.93. The summed E-state index contributed by atoms with van der Waals surface area (Å²) in [7, 11) is 0. The van der Waals surface area contributed by atoms with Gasteiger partial charge in [0.05, 0.1) is 0 Å². The predicted molar refractivity (Wildman–Crippen MR) is 102 cm³/mol. The number of benzene rings is 2. The molecule has 0 bridgehead atoms. The molecule has 2 aliphatic heterocycles. The molecule has 2 aromatic rings. The molecule has 3 heteroatoms. The lowest BCUT2D eigenvalue weighted by Crippen LogP contribution is -2.66. The molecule has 1 atom stereocenters. The quantitative estimate of drug-likeness (QED) is 0.894. The first-order valence-corrected chi connectivity index (χ1v) is 8.60. The van der Waals surface area contributed by atoms with Crippen LogP contribution < -0.4 is 10.2 Å². The zero-order valence-electron chi connectivity index (χ0n) is 14.8. The molecule has 0 aromatic heterocycles. The fourth-order valence-corrected chi connectivity index (χ4v) is 3.93. The number of amides is 1. The maximum absolute atomic E-state index is 12.6. The summed E-state index contributed by atoms with van der Waals surface area (Å²) in [5.41, 5.74) is 3.31. The third-order valence-corrected chi connectivity index (χ3v) is 5.47. The SMILES string of the molecule is CC1=CN2c3ccccc3C(C)(C)C2(C=Cc2ccccc2)NC1=O. The Balaban J connectivity index is 1.91. The van der Waals surface area contributed by atoms with Crippen molar-refractivity contribution in [1.82, 2.24) is 5.32 Å². The summed E-state index contributed by atoms with van der Waals surface area (Å²) in [6.07, 6.45) is 6.19. The van der Waals surface area contributed by atoms with E-state index in [-0.39, 0.29) is 11.3 Å². The smallest absolute Gasteiger partial charge is 0.250 e. The lowest BCUT2D eigenvalue weighted by molar-refractivity contribution is -0.119. The van der Waals surface area contributed by atoms with Gasteiger partial charge in [0.25, 0.3) is 0 Å². The predicted octanol–water partition coefficient (Wildman–Crippen LogP) is 4.23. The number of hydrogen-bond donors (Lipinski definition) is 1. The molecule has 0 radical (unpaired) electrons. The maximum atomic E-state index is 12.6. The van der Waals surface area contributed by atoms with Crippen LogP contribution in [0.1, 0.15) is 31.9 Å². The van der Waals surface area contributed by atoms with Crippen LogP contribution in [-0.2, 0) is 10.2 Å². The van der Waals surface area contributed by atoms with Gasteiger partial charge in [0, 0.05) is 22.9 Å². The van der Waals surface area contributed by atoms with Crippen LogP contribution in [-0.4, -0.2) is 11.6 Å². The summed E-state index contributed by atoms with van der Waals surface area (Å²) in [6.45, 7) is 6.24. The van der Waals surface area contributed by atoms with Crippen molar-refractivity contribution < 1.29 is 4.79 Å². The summed E-state index contributed by atoms with van der Waals surface area (Å²) < 4.78 is 0. The Morgan fingerprint density at radius 3 is 2.44 bits per heavy atom. The van der Waals surface area contributed by atoms with Gasteiger partial charge in [0.15, 0.2) is 0 Å². The van der Waals surface area contributed by atoms with Crippen LogP contribution in [0, 0.1) is 0 Å². The number of anilines is 1. The molecule has 0 spiro atoms. The molecule has 2 aliphatic rings. The van der Waals surface area contributed by atoms with Crippen molar-refractivity contribution in [3.05, 3.63) is 83.6 Å². The molecule has 3 nitrogen and oxygen atoms in total. The minimum absolute atomic E-state index is 0.0187. The van der Waals surface area contributed by atoms with Crippen LogP contribution in [0.15, 0.2) is 72.4 Å². The number of para-hydroxylation sites is 1. The van der Waals surface area contributed by atoms with Crippen LogP contribution in [0.25, 0.3) is 6.08 Å². The number of carbonyl (C=O) groups excluding carboxylic acids is 1. The van der Waals surface area contributed by atoms with E-state index in [1.54, 1.807) is 0 Å². The summed E-state index contributed by atoms with van der Waals surface area (Å²) in [4.78, 5) is 14.8. The number of rotatable bonds is 2. The Morgan fingerprint density at radius 2 is 1.68 bits per heavy atom. The van der Waals surface area contributed by atoms with Gasteiger partial charge in [-0.05, 0) is 30.2 Å². The highest BCUT2D eigenvalue weighted by Crippen LogP contribution is 2.52. The Kier molecular flexibility index (Phi) is 3.36. The lowest BCUT2D eigenvalue weighted by Gasteiger charge is -2.47. The first-order valence-electron chi connectivity index (χ1n) is 8.60. The molecule has 25 heavy (non-hydrogen) atoms. The highest BCUT2D eigenvalue weighted by Gasteiger charge is 2.57. The molecule has 0 aliphatic carbocycles. The largest absolute Gasteiger partial charge is 0.325 e. The molecule has 126 valence electrons. The molecule has 0 saturated carbocycles. The van der Waals surface area contributed by atoms with Crippen molar-refractivity contribution in [2.45, 2.75) is 31.8 Å². The standard InChI is InChI=1S/C22H22N2O/c1-16-15-24-19-12-8-7-11-18(19)21(2,3)22(24,23-20(16)25)14-13-17-9-5-4-6-10-17/h4-15H,1-3H3,(H,23,25). The molecule has 2 heterocycles. The molecule has 4 rings (SSSR count). The van der Waals surface area contributed by atoms with Crippen molar-refractivity contribution in [2.24, 2.45) is 0 Å². The van der Waals surface area contributed by atoms with Crippen LogP contribution in [0.4, 0.5) is 5.69 Å². The average Bonchev–Trinajstić information content (AvgIpc) is 2.80. The summed E-state index contributed by atoms with van der Waals surface area (Å²) in [5, 5.41) is 3.28. The van der Waals surface area contributed by atoms with Gasteiger partial charge < -0.3 is 10.2 Å². The fraction of sp³-hybridized carbons (Fsp3) is 0.227. The van der Waals surface area contributed by atoms with E-state index >= 15 is 0 Å². The number of fused-ring (bicyclic) bond motifs is 3. The highest BCUT2D eigenvalue weighted by atomic mass is 16.2. The van der Waals surface area contributed by atoms with E-state index in [4.69, 9.17) is 0 Å². The number of hydrogen-bond acceptors (Lipinski definition) is 2. The van der Waals surface area contributed by atoms with Crippen molar-refractivity contribution in [3.63, 3.8) is 0 Å². The first kappa shape index (κ1) is 15.7. The second-order valence-corrected chi connectivity index (χ2v) is 7.29. The van der Waals surface area contributed by atoms with Gasteiger partial charge in [-0.25, -0.2) is 0 Å². The second-order valence-electron chi connectivity index (χ2n) is 7.29. The average molecular weight is 330 g/mol. The van der Waals surface area contributed by atoms with Gasteiger partial charge in [0.1, 0.15) is 5.66 Å². The van der Waals surface area contributed by atoms with Crippen LogP contribution in [0.5, 0.6) is 0 Å². The highest BCUT2D eigenvalue weighted by molar-refractivity contribution is 5.97. The topological polar surface area (TPSA) is 32.3 Å². The van der Waals surface area contributed by atoms with Gasteiger partial charge in [-0.3, -0.25) is 4.79 Å². The summed E-state index contributed by atoms with van der Waals surface area (Å²) in [5.74, 6) is -0.0187. The van der Waals surface area contributed by atoms with Gasteiger partial charge in [-0.2, -0.15) is 0 Å². The molecule has 0 saturated heterocycles. The lowest BCUT2D eigenvalue weighted by atomic mass is 9.74. The molecule has 1 unspecified atom stereocenters. The number of nitrogens with one attached hydrogen (secondary N) is 1. The van der Waals surface area contributed by atoms with Gasteiger partial charge >= 0.3 is 0 Å². The molecule has 1 N–H and O–H groups in total. The van der Waals surface area contributed by atoms with E-state index in [2.05, 4.69) is 66.5 Å². The van der Waals surface area contributed by atoms with E-state index < -0.39 is 5.66 Å². The van der Waals surface area contributed by atoms with E-state index in [1.165, 1.54) is 5.56 Å². The van der Waals surface area contributed by atoms with Gasteiger partial charge in [-0.1, -0.05) is 68.5 Å². The zero-order chi connectivity index (χ0) is 17.7. The Labute approximate surface area is 148 Å². The monoisotopic (exact) mass is 330 g/mol. The third kappa shape index (κ3) is 2.15. The summed E-state index contributed by atoms with van der Waals surface area (Å²) >= 11 is 0. The second kappa shape index (κ2) is 5.35. The molecular formula is C22H22N2O. The number of carbonyl (C=O) groups is 1. The number of nitrogens with zero attached hydrogens (tertiary/aromatic N) is 1. The van der Waals surface area contributed by atoms with Gasteiger partial charge in [0.2, 0.25) is 5.91 Å². The van der Waals surface area contributed by atoms with E-state index in [0.29, 0.717) is 0 Å². The molecule has 0 fully saturated rings. The van der Waals surface area contributed by atoms with Crippen LogP contribution in [0.3, 0.4) is 0 Å². The van der Waals surface area contributed by atoms with E-state index in [0.717, 1.165) is 16.8 Å². The maximum Gasteiger partial charge on any atom is 0.250 e. The van der Waals surface area contributed by atoms with Crippen molar-refractivity contribution in [2.75, 3.05) is 4.90 Å². The molecular weight excluding hydrogens is 308 g/mol. The Morgan fingerprint density at radius 1 is 1.00 bits per heavy atom. The Bertz CT molecular complexity index is 895. The minimum atomic E-state index is -0.622. The van der Waals surface area contributed by atoms with E-state index in [9.17, 15) is 4.79 Å². The van der Waals surface area contributed by atoms with Crippen LogP contribution >= 0.6 is 0 Å². The van der Waals surface area contributed by atoms with Crippen molar-refractivity contribution in [1.29, 1.82) is 0 Å². The van der Waals surface area contributed by atoms with Crippen molar-refractivity contribution in [3.8, 4) is 0 Å².